The molecule has 0 radical (unpaired) electrons. The fourth-order valence-electron chi connectivity index (χ4n) is 11.8. The summed E-state index contributed by atoms with van der Waals surface area (Å²) in [6.07, 6.45) is 6.83. The molecule has 3 heteroatoms. The van der Waals surface area contributed by atoms with E-state index in [0.717, 1.165) is 40.4 Å². The minimum Gasteiger partial charge on any atom is -0.208 e. The first-order valence-corrected chi connectivity index (χ1v) is 18.3. The lowest BCUT2D eigenvalue weighted by Crippen LogP contribution is -2.55. The molecule has 4 bridgehead atoms. The lowest BCUT2D eigenvalue weighted by molar-refractivity contribution is -0.0397. The monoisotopic (exact) mass is 633 g/mol. The number of aromatic nitrogens is 3. The van der Waals surface area contributed by atoms with Crippen molar-refractivity contribution >= 4 is 0 Å². The van der Waals surface area contributed by atoms with Crippen LogP contribution in [0.1, 0.15) is 68.2 Å². The van der Waals surface area contributed by atoms with E-state index >= 15 is 0 Å². The van der Waals surface area contributed by atoms with Crippen LogP contribution in [0.4, 0.5) is 0 Å². The lowest BCUT2D eigenvalue weighted by Gasteiger charge is -2.61. The van der Waals surface area contributed by atoms with Crippen molar-refractivity contribution in [2.24, 2.45) is 23.7 Å². The van der Waals surface area contributed by atoms with E-state index < -0.39 is 0 Å². The molecule has 1 aromatic heterocycles. The van der Waals surface area contributed by atoms with Gasteiger partial charge in [0, 0.05) is 27.5 Å². The van der Waals surface area contributed by atoms with E-state index in [4.69, 9.17) is 15.0 Å². The third kappa shape index (κ3) is 3.66. The maximum atomic E-state index is 5.52. The molecule has 4 fully saturated rings. The first-order valence-electron chi connectivity index (χ1n) is 18.3. The number of benzene rings is 5. The summed E-state index contributed by atoms with van der Waals surface area (Å²) in [6.45, 7) is 4.69. The van der Waals surface area contributed by atoms with Gasteiger partial charge >= 0.3 is 0 Å². The van der Waals surface area contributed by atoms with E-state index in [1.165, 1.54) is 76.6 Å². The highest BCUT2D eigenvalue weighted by atomic mass is 15.0. The lowest BCUT2D eigenvalue weighted by atomic mass is 9.43. The molecule has 49 heavy (non-hydrogen) atoms. The maximum absolute atomic E-state index is 5.52. The molecule has 3 nitrogen and oxygen atoms in total. The standard InChI is InChI=1S/C46H39N3/c1-45(2)38-20-8-6-14-32(38)34-16-10-18-36(40(34)45)43-47-42(29-12-4-3-5-13-29)48-44(49-43)37-19-11-17-35-33-15-7-9-21-39(33)46(41(35)37)30-23-27-22-28(25-30)26-31(46)24-27/h3-21,27-28,30-31H,22-26H2,1-2H3. The quantitative estimate of drug-likeness (QED) is 0.195. The highest BCUT2D eigenvalue weighted by molar-refractivity contribution is 5.90. The summed E-state index contributed by atoms with van der Waals surface area (Å²) < 4.78 is 0. The smallest absolute Gasteiger partial charge is 0.164 e. The van der Waals surface area contributed by atoms with Gasteiger partial charge in [0.15, 0.2) is 17.5 Å². The van der Waals surface area contributed by atoms with E-state index in [1.54, 1.807) is 5.56 Å². The molecule has 0 aliphatic heterocycles. The highest BCUT2D eigenvalue weighted by Gasteiger charge is 2.62. The van der Waals surface area contributed by atoms with Crippen LogP contribution < -0.4 is 0 Å². The zero-order valence-corrected chi connectivity index (χ0v) is 28.2. The van der Waals surface area contributed by atoms with Crippen molar-refractivity contribution in [1.82, 2.24) is 15.0 Å². The molecule has 5 aromatic carbocycles. The summed E-state index contributed by atoms with van der Waals surface area (Å²) in [5.74, 6) is 5.40. The Morgan fingerprint density at radius 2 is 0.898 bits per heavy atom. The third-order valence-corrected chi connectivity index (χ3v) is 13.3. The van der Waals surface area contributed by atoms with Crippen LogP contribution >= 0.6 is 0 Å². The molecule has 238 valence electrons. The van der Waals surface area contributed by atoms with Gasteiger partial charge in [0.2, 0.25) is 0 Å². The van der Waals surface area contributed by atoms with Crippen LogP contribution in [-0.2, 0) is 10.8 Å². The third-order valence-electron chi connectivity index (χ3n) is 13.3. The molecule has 6 aliphatic carbocycles. The van der Waals surface area contributed by atoms with Crippen LogP contribution in [0, 0.1) is 23.7 Å². The molecule has 4 saturated carbocycles. The van der Waals surface area contributed by atoms with Gasteiger partial charge in [-0.05, 0) is 100 Å². The fraction of sp³-hybridized carbons (Fsp3) is 0.283. The molecule has 6 aromatic rings. The Labute approximate surface area is 288 Å². The Morgan fingerprint density at radius 1 is 0.429 bits per heavy atom. The summed E-state index contributed by atoms with van der Waals surface area (Å²) in [5.41, 5.74) is 14.3. The predicted molar refractivity (Wildman–Crippen MR) is 197 cm³/mol. The topological polar surface area (TPSA) is 38.7 Å². The van der Waals surface area contributed by atoms with Gasteiger partial charge in [0.05, 0.1) is 0 Å². The van der Waals surface area contributed by atoms with Crippen LogP contribution in [0.2, 0.25) is 0 Å². The van der Waals surface area contributed by atoms with E-state index in [-0.39, 0.29) is 10.8 Å². The van der Waals surface area contributed by atoms with Crippen LogP contribution in [-0.4, -0.2) is 15.0 Å². The van der Waals surface area contributed by atoms with Crippen molar-refractivity contribution < 1.29 is 0 Å². The van der Waals surface area contributed by atoms with Gasteiger partial charge in [-0.1, -0.05) is 129 Å². The van der Waals surface area contributed by atoms with Gasteiger partial charge in [0.1, 0.15) is 0 Å². The second-order valence-electron chi connectivity index (χ2n) is 16.0. The minimum absolute atomic E-state index is 0.0211. The Kier molecular flexibility index (Phi) is 5.63. The zero-order chi connectivity index (χ0) is 32.5. The molecule has 6 aliphatic rings. The molecule has 0 saturated heterocycles. The number of hydrogen-bond donors (Lipinski definition) is 0. The van der Waals surface area contributed by atoms with Crippen LogP contribution in [0.15, 0.2) is 115 Å². The van der Waals surface area contributed by atoms with Crippen molar-refractivity contribution in [3.63, 3.8) is 0 Å². The van der Waals surface area contributed by atoms with Gasteiger partial charge in [0.25, 0.3) is 0 Å². The van der Waals surface area contributed by atoms with Gasteiger partial charge in [-0.3, -0.25) is 0 Å². The molecule has 0 N–H and O–H groups in total. The molecule has 12 rings (SSSR count). The van der Waals surface area contributed by atoms with Gasteiger partial charge < -0.3 is 0 Å². The first-order chi connectivity index (χ1) is 24.0. The second-order valence-corrected chi connectivity index (χ2v) is 16.0. The van der Waals surface area contributed by atoms with Crippen molar-refractivity contribution in [2.75, 3.05) is 0 Å². The SMILES string of the molecule is CC1(C)c2ccccc2-c2cccc(-c3nc(-c4ccccc4)nc(-c4cccc5c4C4(c6ccccc6-5)C5CC6CC(C5)CC4C6)n3)c21. The number of nitrogens with zero attached hydrogens (tertiary/aromatic N) is 3. The predicted octanol–water partition coefficient (Wildman–Crippen LogP) is 10.9. The number of hydrogen-bond acceptors (Lipinski definition) is 3. The minimum atomic E-state index is -0.178. The van der Waals surface area contributed by atoms with Crippen molar-refractivity contribution in [3.8, 4) is 56.4 Å². The van der Waals surface area contributed by atoms with Crippen LogP contribution in [0.25, 0.3) is 56.4 Å². The van der Waals surface area contributed by atoms with Gasteiger partial charge in [-0.2, -0.15) is 0 Å². The molecule has 0 unspecified atom stereocenters. The first kappa shape index (κ1) is 28.0. The van der Waals surface area contributed by atoms with Crippen LogP contribution in [0.5, 0.6) is 0 Å². The summed E-state index contributed by atoms with van der Waals surface area (Å²) in [5, 5.41) is 0. The van der Waals surface area contributed by atoms with Crippen LogP contribution in [0.3, 0.4) is 0 Å². The molecular weight excluding hydrogens is 595 g/mol. The van der Waals surface area contributed by atoms with Crippen molar-refractivity contribution in [2.45, 2.75) is 56.8 Å². The molecule has 1 spiro atoms. The number of fused-ring (bicyclic) bond motifs is 6. The average Bonchev–Trinajstić information content (AvgIpc) is 3.57. The fourth-order valence-corrected chi connectivity index (χ4v) is 11.8. The van der Waals surface area contributed by atoms with Crippen molar-refractivity contribution in [3.05, 3.63) is 138 Å². The Morgan fingerprint density at radius 3 is 1.55 bits per heavy atom. The van der Waals surface area contributed by atoms with Gasteiger partial charge in [-0.25, -0.2) is 15.0 Å². The van der Waals surface area contributed by atoms with E-state index in [1.807, 2.05) is 0 Å². The zero-order valence-electron chi connectivity index (χ0n) is 28.2. The number of rotatable bonds is 3. The second kappa shape index (κ2) is 9.85. The van der Waals surface area contributed by atoms with Gasteiger partial charge in [-0.15, -0.1) is 0 Å². The summed E-state index contributed by atoms with van der Waals surface area (Å²) in [7, 11) is 0. The average molecular weight is 634 g/mol. The molecular formula is C46H39N3. The van der Waals surface area contributed by atoms with E-state index in [9.17, 15) is 0 Å². The highest BCUT2D eigenvalue weighted by Crippen LogP contribution is 2.70. The Bertz CT molecular complexity index is 2310. The summed E-state index contributed by atoms with van der Waals surface area (Å²) in [4.78, 5) is 16.2. The molecule has 0 amide bonds. The normalized spacial score (nSPS) is 26.0. The summed E-state index contributed by atoms with van der Waals surface area (Å²) in [6, 6.07) is 42.3. The summed E-state index contributed by atoms with van der Waals surface area (Å²) >= 11 is 0. The largest absolute Gasteiger partial charge is 0.208 e. The maximum Gasteiger partial charge on any atom is 0.164 e. The molecule has 0 atom stereocenters. The Balaban J connectivity index is 1.18. The van der Waals surface area contributed by atoms with Crippen molar-refractivity contribution in [1.29, 1.82) is 0 Å². The van der Waals surface area contributed by atoms with E-state index in [2.05, 4.69) is 129 Å². The molecule has 1 heterocycles. The van der Waals surface area contributed by atoms with E-state index in [0.29, 0.717) is 11.8 Å². The Hall–Kier alpha value is -4.89.